The monoisotopic (exact) mass is 488 g/mol. The molecular weight excluding hydrogens is 456 g/mol. The number of amides is 1. The average Bonchev–Trinajstić information content (AvgIpc) is 2.90. The van der Waals surface area contributed by atoms with Crippen molar-refractivity contribution < 1.29 is 24.2 Å². The van der Waals surface area contributed by atoms with E-state index in [0.29, 0.717) is 22.4 Å². The molecule has 0 atom stereocenters. The number of phenols is 1. The summed E-state index contributed by atoms with van der Waals surface area (Å²) in [5.74, 6) is -0.192. The van der Waals surface area contributed by atoms with E-state index in [9.17, 15) is 14.7 Å². The molecule has 0 fully saturated rings. The Morgan fingerprint density at radius 3 is 2.22 bits per heavy atom. The molecule has 0 radical (unpaired) electrons. The molecule has 3 aromatic rings. The van der Waals surface area contributed by atoms with Gasteiger partial charge in [-0.05, 0) is 66.9 Å². The number of benzene rings is 3. The molecule has 0 spiro atoms. The van der Waals surface area contributed by atoms with Gasteiger partial charge in [0.2, 0.25) is 0 Å². The number of nitrogens with zero attached hydrogens (tertiary/aromatic N) is 1. The average molecular weight is 489 g/mol. The third kappa shape index (κ3) is 7.98. The summed E-state index contributed by atoms with van der Waals surface area (Å²) in [5, 5.41) is 14.2. The number of carbonyl (C=O) groups excluding carboxylic acids is 2. The highest BCUT2D eigenvalue weighted by Crippen LogP contribution is 2.23. The fraction of sp³-hybridized carbons (Fsp3) is 0.276. The van der Waals surface area contributed by atoms with E-state index in [1.807, 2.05) is 12.1 Å². The van der Waals surface area contributed by atoms with Crippen molar-refractivity contribution in [3.63, 3.8) is 0 Å². The molecule has 0 aliphatic carbocycles. The molecule has 0 aromatic heterocycles. The van der Waals surface area contributed by atoms with E-state index < -0.39 is 11.9 Å². The van der Waals surface area contributed by atoms with Crippen molar-refractivity contribution in [1.29, 1.82) is 0 Å². The van der Waals surface area contributed by atoms with Crippen molar-refractivity contribution in [3.8, 4) is 17.2 Å². The van der Waals surface area contributed by atoms with E-state index in [-0.39, 0.29) is 11.5 Å². The van der Waals surface area contributed by atoms with E-state index in [0.717, 1.165) is 12.8 Å². The Hall–Kier alpha value is -4.13. The van der Waals surface area contributed by atoms with E-state index >= 15 is 0 Å². The number of methoxy groups -OCH3 is 1. The summed E-state index contributed by atoms with van der Waals surface area (Å²) >= 11 is 0. The minimum absolute atomic E-state index is 0.138. The summed E-state index contributed by atoms with van der Waals surface area (Å²) in [6.07, 6.45) is 8.43. The smallest absolute Gasteiger partial charge is 0.343 e. The number of unbranched alkanes of at least 4 members (excludes halogenated alkanes) is 4. The second kappa shape index (κ2) is 13.7. The Bertz CT molecular complexity index is 1170. The third-order valence-corrected chi connectivity index (χ3v) is 5.69. The fourth-order valence-corrected chi connectivity index (χ4v) is 3.57. The zero-order valence-corrected chi connectivity index (χ0v) is 20.7. The van der Waals surface area contributed by atoms with Crippen LogP contribution in [-0.2, 0) is 6.42 Å². The van der Waals surface area contributed by atoms with Crippen molar-refractivity contribution in [2.45, 2.75) is 45.4 Å². The molecule has 36 heavy (non-hydrogen) atoms. The molecule has 7 heteroatoms. The molecule has 3 rings (SSSR count). The van der Waals surface area contributed by atoms with Crippen molar-refractivity contribution in [2.75, 3.05) is 7.11 Å². The second-order valence-electron chi connectivity index (χ2n) is 8.40. The molecular formula is C29H32N2O5. The van der Waals surface area contributed by atoms with Crippen LogP contribution in [0.4, 0.5) is 0 Å². The molecule has 0 saturated heterocycles. The van der Waals surface area contributed by atoms with Crippen molar-refractivity contribution >= 4 is 18.1 Å². The number of aromatic hydroxyl groups is 1. The molecule has 0 saturated carbocycles. The molecule has 0 aliphatic rings. The van der Waals surface area contributed by atoms with Gasteiger partial charge in [0.05, 0.1) is 18.9 Å². The number of esters is 1. The first-order valence-electron chi connectivity index (χ1n) is 12.1. The Morgan fingerprint density at radius 1 is 0.889 bits per heavy atom. The molecule has 0 bridgehead atoms. The minimum Gasteiger partial charge on any atom is -0.507 e. The van der Waals surface area contributed by atoms with E-state index in [1.54, 1.807) is 55.6 Å². The maximum Gasteiger partial charge on any atom is 0.343 e. The fourth-order valence-electron chi connectivity index (χ4n) is 3.57. The summed E-state index contributed by atoms with van der Waals surface area (Å²) in [5.41, 5.74) is 4.81. The number of carbonyl (C=O) groups is 2. The molecule has 3 aromatic carbocycles. The van der Waals surface area contributed by atoms with Crippen LogP contribution in [0.1, 0.15) is 70.9 Å². The number of nitrogens with one attached hydrogen (secondary N) is 1. The van der Waals surface area contributed by atoms with Gasteiger partial charge in [0.25, 0.3) is 5.91 Å². The molecule has 0 aliphatic heterocycles. The topological polar surface area (TPSA) is 97.2 Å². The standard InChI is InChI=1S/C29H32N2O5/c1-3-4-5-6-7-8-21-9-11-23(12-10-21)29(34)36-26-18-15-24(27(32)19-26)20-30-31-28(33)22-13-16-25(35-2)17-14-22/h9-20,32H,3-8H2,1-2H3,(H,31,33)/b30-20-. The van der Waals surface area contributed by atoms with Crippen LogP contribution < -0.4 is 14.9 Å². The van der Waals surface area contributed by atoms with Crippen LogP contribution in [0, 0.1) is 0 Å². The molecule has 2 N–H and O–H groups in total. The first-order chi connectivity index (χ1) is 17.5. The number of rotatable bonds is 12. The van der Waals surface area contributed by atoms with E-state index in [1.165, 1.54) is 43.5 Å². The second-order valence-corrected chi connectivity index (χ2v) is 8.40. The van der Waals surface area contributed by atoms with Gasteiger partial charge in [0.15, 0.2) is 0 Å². The largest absolute Gasteiger partial charge is 0.507 e. The van der Waals surface area contributed by atoms with Gasteiger partial charge in [-0.3, -0.25) is 4.79 Å². The highest BCUT2D eigenvalue weighted by Gasteiger charge is 2.11. The number of ether oxygens (including phenoxy) is 2. The Morgan fingerprint density at radius 2 is 1.56 bits per heavy atom. The highest BCUT2D eigenvalue weighted by molar-refractivity contribution is 5.95. The van der Waals surface area contributed by atoms with Crippen molar-refractivity contribution in [3.05, 3.63) is 89.0 Å². The number of hydrogen-bond donors (Lipinski definition) is 2. The Labute approximate surface area is 211 Å². The lowest BCUT2D eigenvalue weighted by Crippen LogP contribution is -2.17. The van der Waals surface area contributed by atoms with Gasteiger partial charge in [-0.15, -0.1) is 0 Å². The molecule has 1 amide bonds. The summed E-state index contributed by atoms with van der Waals surface area (Å²) in [6, 6.07) is 18.4. The summed E-state index contributed by atoms with van der Waals surface area (Å²) < 4.78 is 10.5. The van der Waals surface area contributed by atoms with Gasteiger partial charge < -0.3 is 14.6 Å². The molecule has 7 nitrogen and oxygen atoms in total. The zero-order valence-electron chi connectivity index (χ0n) is 20.7. The highest BCUT2D eigenvalue weighted by atomic mass is 16.5. The van der Waals surface area contributed by atoms with Gasteiger partial charge in [-0.1, -0.05) is 44.7 Å². The van der Waals surface area contributed by atoms with Gasteiger partial charge in [0.1, 0.15) is 17.2 Å². The van der Waals surface area contributed by atoms with Gasteiger partial charge in [-0.25, -0.2) is 10.2 Å². The first kappa shape index (κ1) is 26.5. The summed E-state index contributed by atoms with van der Waals surface area (Å²) in [6.45, 7) is 2.20. The van der Waals surface area contributed by atoms with Crippen LogP contribution in [0.15, 0.2) is 71.8 Å². The minimum atomic E-state index is -0.503. The van der Waals surface area contributed by atoms with Gasteiger partial charge in [-0.2, -0.15) is 5.10 Å². The lowest BCUT2D eigenvalue weighted by Gasteiger charge is -2.07. The van der Waals surface area contributed by atoms with Gasteiger partial charge in [0, 0.05) is 17.2 Å². The van der Waals surface area contributed by atoms with Crippen molar-refractivity contribution in [2.24, 2.45) is 5.10 Å². The van der Waals surface area contributed by atoms with Crippen LogP contribution in [0.2, 0.25) is 0 Å². The number of phenolic OH excluding ortho intramolecular Hbond substituents is 1. The zero-order chi connectivity index (χ0) is 25.8. The van der Waals surface area contributed by atoms with Crippen LogP contribution >= 0.6 is 0 Å². The molecule has 0 unspecified atom stereocenters. The number of aryl methyl sites for hydroxylation is 1. The molecule has 0 heterocycles. The predicted molar refractivity (Wildman–Crippen MR) is 140 cm³/mol. The van der Waals surface area contributed by atoms with Crippen LogP contribution in [-0.4, -0.2) is 30.3 Å². The maximum absolute atomic E-state index is 12.5. The molecule has 188 valence electrons. The van der Waals surface area contributed by atoms with Crippen LogP contribution in [0.25, 0.3) is 0 Å². The quantitative estimate of drug-likeness (QED) is 0.109. The SMILES string of the molecule is CCCCCCCc1ccc(C(=O)Oc2ccc(/C=N\NC(=O)c3ccc(OC)cc3)c(O)c2)cc1. The van der Waals surface area contributed by atoms with Crippen molar-refractivity contribution in [1.82, 2.24) is 5.43 Å². The first-order valence-corrected chi connectivity index (χ1v) is 12.1. The predicted octanol–water partition coefficient (Wildman–Crippen LogP) is 5.90. The summed E-state index contributed by atoms with van der Waals surface area (Å²) in [7, 11) is 1.55. The van der Waals surface area contributed by atoms with Crippen LogP contribution in [0.5, 0.6) is 17.2 Å². The Balaban J connectivity index is 1.51. The maximum atomic E-state index is 12.5. The van der Waals surface area contributed by atoms with Gasteiger partial charge >= 0.3 is 5.97 Å². The van der Waals surface area contributed by atoms with Crippen LogP contribution in [0.3, 0.4) is 0 Å². The van der Waals surface area contributed by atoms with E-state index in [2.05, 4.69) is 17.5 Å². The number of hydrazone groups is 1. The Kier molecular flexibility index (Phi) is 10.1. The third-order valence-electron chi connectivity index (χ3n) is 5.69. The summed E-state index contributed by atoms with van der Waals surface area (Å²) in [4.78, 5) is 24.6. The number of hydrogen-bond acceptors (Lipinski definition) is 6. The lowest BCUT2D eigenvalue weighted by molar-refractivity contribution is 0.0734. The normalized spacial score (nSPS) is 10.8. The lowest BCUT2D eigenvalue weighted by atomic mass is 10.0. The van der Waals surface area contributed by atoms with E-state index in [4.69, 9.17) is 9.47 Å².